The number of hydrogen-bond donors (Lipinski definition) is 3. The van der Waals surface area contributed by atoms with Crippen molar-refractivity contribution in [1.82, 2.24) is 10.2 Å². The molecule has 11 nitrogen and oxygen atoms in total. The minimum absolute atomic E-state index is 0.126. The summed E-state index contributed by atoms with van der Waals surface area (Å²) in [7, 11) is 1.42. The van der Waals surface area contributed by atoms with Gasteiger partial charge >= 0.3 is 11.8 Å². The Balaban J connectivity index is 1.28. The van der Waals surface area contributed by atoms with E-state index >= 15 is 0 Å². The number of carbonyl (C=O) groups is 2. The molecular weight excluding hydrogens is 680 g/mol. The number of hydrogen-bond acceptors (Lipinski definition) is 7. The van der Waals surface area contributed by atoms with Crippen LogP contribution in [-0.4, -0.2) is 71.9 Å². The second-order valence-corrected chi connectivity index (χ2v) is 12.5. The first-order chi connectivity index (χ1) is 23.2. The van der Waals surface area contributed by atoms with Gasteiger partial charge in [-0.15, -0.1) is 0 Å². The van der Waals surface area contributed by atoms with Crippen molar-refractivity contribution in [3.63, 3.8) is 0 Å². The smallest absolute Gasteiger partial charge is 0.407 e. The fourth-order valence-corrected chi connectivity index (χ4v) is 6.26. The van der Waals surface area contributed by atoms with Crippen LogP contribution in [0.25, 0.3) is 0 Å². The van der Waals surface area contributed by atoms with Crippen LogP contribution in [-0.2, 0) is 16.0 Å². The number of likely N-dealkylation sites (N-methyl/N-ethyl adjacent to an activating group) is 1. The zero-order chi connectivity index (χ0) is 34.0. The molecular formula is C36H37BrN4O7. The van der Waals surface area contributed by atoms with Crippen LogP contribution in [0.1, 0.15) is 29.0 Å². The Morgan fingerprint density at radius 3 is 2.27 bits per heavy atom. The lowest BCUT2D eigenvalue weighted by Crippen LogP contribution is -2.48. The van der Waals surface area contributed by atoms with Crippen LogP contribution in [0.15, 0.2) is 108 Å². The van der Waals surface area contributed by atoms with Gasteiger partial charge in [-0.3, -0.25) is 19.8 Å². The molecule has 0 bridgehead atoms. The summed E-state index contributed by atoms with van der Waals surface area (Å²) < 4.78 is 12.7. The molecule has 1 saturated heterocycles. The highest BCUT2D eigenvalue weighted by Crippen LogP contribution is 2.33. The number of carbonyl (C=O) groups excluding carboxylic acids is 1. The van der Waals surface area contributed by atoms with Gasteiger partial charge in [-0.2, -0.15) is 0 Å². The molecule has 48 heavy (non-hydrogen) atoms. The van der Waals surface area contributed by atoms with Crippen molar-refractivity contribution in [2.24, 2.45) is 0 Å². The first-order valence-corrected chi connectivity index (χ1v) is 16.4. The summed E-state index contributed by atoms with van der Waals surface area (Å²) in [6.07, 6.45) is -0.487. The molecule has 1 fully saturated rings. The van der Waals surface area contributed by atoms with Crippen molar-refractivity contribution in [2.45, 2.75) is 37.0 Å². The minimum Gasteiger partial charge on any atom is -0.484 e. The molecule has 1 aliphatic rings. The lowest BCUT2D eigenvalue weighted by molar-refractivity contribution is -0.386. The first kappa shape index (κ1) is 34.6. The third kappa shape index (κ3) is 8.77. The maximum absolute atomic E-state index is 14.1. The minimum atomic E-state index is -1.21. The third-order valence-electron chi connectivity index (χ3n) is 8.30. The summed E-state index contributed by atoms with van der Waals surface area (Å²) in [6.45, 7) is 1.29. The van der Waals surface area contributed by atoms with Crippen LogP contribution in [0.4, 0.5) is 16.2 Å². The number of nitrogens with one attached hydrogen (secondary N) is 2. The summed E-state index contributed by atoms with van der Waals surface area (Å²) in [6, 6.07) is 29.9. The van der Waals surface area contributed by atoms with E-state index in [1.807, 2.05) is 84.9 Å². The molecule has 5 rings (SSSR count). The highest BCUT2D eigenvalue weighted by Gasteiger charge is 2.37. The molecule has 12 heteroatoms. The van der Waals surface area contributed by atoms with E-state index in [0.29, 0.717) is 36.1 Å². The van der Waals surface area contributed by atoms with E-state index in [4.69, 9.17) is 9.47 Å². The number of nitro groups is 1. The molecule has 0 saturated carbocycles. The number of anilines is 1. The predicted octanol–water partition coefficient (Wildman–Crippen LogP) is 6.47. The van der Waals surface area contributed by atoms with Gasteiger partial charge in [-0.25, -0.2) is 4.79 Å². The van der Waals surface area contributed by atoms with E-state index in [0.717, 1.165) is 21.6 Å². The van der Waals surface area contributed by atoms with Crippen molar-refractivity contribution in [2.75, 3.05) is 32.1 Å². The Labute approximate surface area is 287 Å². The van der Waals surface area contributed by atoms with Gasteiger partial charge < -0.3 is 25.2 Å². The van der Waals surface area contributed by atoms with Crippen LogP contribution in [0.5, 0.6) is 5.75 Å². The molecule has 2 amide bonds. The Bertz CT molecular complexity index is 1670. The number of aryl methyl sites for hydroxylation is 1. The van der Waals surface area contributed by atoms with E-state index in [1.54, 1.807) is 12.1 Å². The molecule has 3 N–H and O–H groups in total. The molecule has 0 spiro atoms. The molecule has 0 aromatic heterocycles. The molecule has 0 radical (unpaired) electrons. The zero-order valence-corrected chi connectivity index (χ0v) is 27.9. The highest BCUT2D eigenvalue weighted by molar-refractivity contribution is 9.10. The Kier molecular flexibility index (Phi) is 11.8. The molecule has 0 aliphatic carbocycles. The summed E-state index contributed by atoms with van der Waals surface area (Å²) in [5.74, 6) is -0.826. The Morgan fingerprint density at radius 1 is 1.00 bits per heavy atom. The van der Waals surface area contributed by atoms with Crippen LogP contribution >= 0.6 is 15.9 Å². The lowest BCUT2D eigenvalue weighted by atomic mass is 9.84. The predicted molar refractivity (Wildman–Crippen MR) is 186 cm³/mol. The van der Waals surface area contributed by atoms with E-state index < -0.39 is 28.9 Å². The number of nitrogens with zero attached hydrogens (tertiary/aromatic N) is 2. The third-order valence-corrected chi connectivity index (χ3v) is 8.80. The number of nitro benzene ring substituents is 1. The summed E-state index contributed by atoms with van der Waals surface area (Å²) in [5.41, 5.74) is 2.99. The quantitative estimate of drug-likeness (QED) is 0.106. The normalized spacial score (nSPS) is 16.6. The van der Waals surface area contributed by atoms with Gasteiger partial charge in [0.05, 0.1) is 11.0 Å². The number of halogens is 1. The first-order valence-electron chi connectivity index (χ1n) is 15.6. The molecule has 1 aliphatic heterocycles. The van der Waals surface area contributed by atoms with Crippen molar-refractivity contribution < 1.29 is 29.1 Å². The van der Waals surface area contributed by atoms with Gasteiger partial charge in [-0.1, -0.05) is 94.8 Å². The average Bonchev–Trinajstić information content (AvgIpc) is 3.10. The standard InChI is InChI=1S/C36H37BrN4O7/c1-40(36(43)44)34(33(25-11-4-2-5-12-25)26-13-6-3-7-14-26)35(42)39-30-15-9-8-10-24(30)16-18-28-21-38-22-29(48-28)23-47-32-19-17-27(37)20-31(32)41(45)46/h2-15,17,19-20,28-29,33-34,38H,16,18,21-23H2,1H3,(H,39,42)(H,43,44)/t28-,29+,34+/m1/s1. The highest BCUT2D eigenvalue weighted by atomic mass is 79.9. The molecule has 0 unspecified atom stereocenters. The van der Waals surface area contributed by atoms with Crippen molar-refractivity contribution in [3.8, 4) is 5.75 Å². The van der Waals surface area contributed by atoms with Crippen molar-refractivity contribution >= 4 is 39.3 Å². The van der Waals surface area contributed by atoms with Crippen molar-refractivity contribution in [3.05, 3.63) is 134 Å². The maximum atomic E-state index is 14.1. The second-order valence-electron chi connectivity index (χ2n) is 11.5. The number of benzene rings is 4. The van der Waals surface area contributed by atoms with Gasteiger partial charge in [0.2, 0.25) is 5.91 Å². The summed E-state index contributed by atoms with van der Waals surface area (Å²) in [4.78, 5) is 38.5. The van der Waals surface area contributed by atoms with Crippen LogP contribution in [0.2, 0.25) is 0 Å². The van der Waals surface area contributed by atoms with Gasteiger partial charge in [-0.05, 0) is 47.7 Å². The fraction of sp³-hybridized carbons (Fsp3) is 0.278. The number of ether oxygens (including phenoxy) is 2. The van der Waals surface area contributed by atoms with Gasteiger partial charge in [0.25, 0.3) is 0 Å². The van der Waals surface area contributed by atoms with Gasteiger partial charge in [0.15, 0.2) is 5.75 Å². The monoisotopic (exact) mass is 716 g/mol. The van der Waals surface area contributed by atoms with Crippen molar-refractivity contribution in [1.29, 1.82) is 0 Å². The van der Waals surface area contributed by atoms with Crippen LogP contribution < -0.4 is 15.4 Å². The fourth-order valence-electron chi connectivity index (χ4n) is 5.91. The number of para-hydroxylation sites is 1. The van der Waals surface area contributed by atoms with E-state index in [1.165, 1.54) is 13.1 Å². The SMILES string of the molecule is CN(C(=O)O)[C@H](C(=O)Nc1ccccc1CC[C@@H]1CNC[C@@H](COc2ccc(Br)cc2[N+](=O)[O-])O1)C(c1ccccc1)c1ccccc1. The molecule has 4 aromatic carbocycles. The Hall–Kier alpha value is -4.78. The molecule has 4 aromatic rings. The lowest BCUT2D eigenvalue weighted by Gasteiger charge is -2.33. The second kappa shape index (κ2) is 16.4. The maximum Gasteiger partial charge on any atom is 0.407 e. The number of amides is 2. The van der Waals surface area contributed by atoms with E-state index in [-0.39, 0.29) is 30.3 Å². The number of rotatable bonds is 13. The van der Waals surface area contributed by atoms with Gasteiger partial charge in [0, 0.05) is 42.3 Å². The number of carboxylic acid groups (broad SMARTS) is 1. The molecule has 250 valence electrons. The van der Waals surface area contributed by atoms with Crippen LogP contribution in [0, 0.1) is 10.1 Å². The largest absolute Gasteiger partial charge is 0.484 e. The summed E-state index contributed by atoms with van der Waals surface area (Å²) in [5, 5.41) is 27.9. The van der Waals surface area contributed by atoms with Crippen LogP contribution in [0.3, 0.4) is 0 Å². The van der Waals surface area contributed by atoms with Gasteiger partial charge in [0.1, 0.15) is 18.8 Å². The number of morpholine rings is 1. The topological polar surface area (TPSA) is 143 Å². The van der Waals surface area contributed by atoms with E-state index in [2.05, 4.69) is 26.6 Å². The van der Waals surface area contributed by atoms with E-state index in [9.17, 15) is 24.8 Å². The molecule has 3 atom stereocenters. The zero-order valence-electron chi connectivity index (χ0n) is 26.3. The molecule has 1 heterocycles. The Morgan fingerprint density at radius 2 is 1.62 bits per heavy atom. The summed E-state index contributed by atoms with van der Waals surface area (Å²) >= 11 is 3.26. The average molecular weight is 718 g/mol.